The van der Waals surface area contributed by atoms with Gasteiger partial charge < -0.3 is 11.1 Å². The number of nitrogens with two attached hydrogens (primary N) is 1. The highest BCUT2D eigenvalue weighted by atomic mass is 32.2. The van der Waals surface area contributed by atoms with Crippen molar-refractivity contribution in [3.05, 3.63) is 36.2 Å². The van der Waals surface area contributed by atoms with E-state index < -0.39 is 0 Å². The molecule has 0 atom stereocenters. The molecule has 6 heteroatoms. The highest BCUT2D eigenvalue weighted by Crippen LogP contribution is 2.41. The van der Waals surface area contributed by atoms with Crippen LogP contribution in [0, 0.1) is 0 Å². The number of hydrogen-bond acceptors (Lipinski definition) is 5. The second-order valence-corrected chi connectivity index (χ2v) is 5.19. The summed E-state index contributed by atoms with van der Waals surface area (Å²) in [6.45, 7) is 0. The summed E-state index contributed by atoms with van der Waals surface area (Å²) in [6, 6.07) is 6.22. The van der Waals surface area contributed by atoms with Crippen LogP contribution in [0.4, 0.5) is 11.5 Å². The summed E-state index contributed by atoms with van der Waals surface area (Å²) >= 11 is 1.62. The predicted octanol–water partition coefficient (Wildman–Crippen LogP) is 2.21. The second-order valence-electron chi connectivity index (χ2n) is 4.16. The van der Waals surface area contributed by atoms with Crippen LogP contribution in [0.1, 0.15) is 5.56 Å². The third kappa shape index (κ3) is 2.39. The van der Waals surface area contributed by atoms with Crippen molar-refractivity contribution in [2.75, 3.05) is 12.4 Å². The van der Waals surface area contributed by atoms with E-state index in [1.54, 1.807) is 31.2 Å². The zero-order valence-corrected chi connectivity index (χ0v) is 11.2. The molecule has 0 saturated carbocycles. The van der Waals surface area contributed by atoms with Gasteiger partial charge in [-0.05, 0) is 17.7 Å². The largest absolute Gasteiger partial charge is 0.387 e. The van der Waals surface area contributed by atoms with Gasteiger partial charge in [-0.15, -0.1) is 0 Å². The molecule has 2 aromatic rings. The van der Waals surface area contributed by atoms with Crippen LogP contribution in [0.5, 0.6) is 0 Å². The van der Waals surface area contributed by atoms with Gasteiger partial charge in [0.2, 0.25) is 0 Å². The van der Waals surface area contributed by atoms with Gasteiger partial charge in [0.05, 0.1) is 11.5 Å². The van der Waals surface area contributed by atoms with E-state index in [2.05, 4.69) is 38.5 Å². The number of aromatic nitrogens is 2. The van der Waals surface area contributed by atoms with Crippen LogP contribution in [0.3, 0.4) is 0 Å². The summed E-state index contributed by atoms with van der Waals surface area (Å²) < 4.78 is 0. The second kappa shape index (κ2) is 4.89. The zero-order valence-electron chi connectivity index (χ0n) is 10.4. The fourth-order valence-corrected chi connectivity index (χ4v) is 2.76. The molecular weight excluding hydrogens is 258 g/mol. The Morgan fingerprint density at radius 2 is 2.21 bits per heavy atom. The van der Waals surface area contributed by atoms with Gasteiger partial charge >= 0.3 is 0 Å². The van der Waals surface area contributed by atoms with E-state index in [4.69, 9.17) is 5.73 Å². The molecule has 3 N–H and O–H groups in total. The molecule has 0 fully saturated rings. The van der Waals surface area contributed by atoms with Crippen molar-refractivity contribution in [1.82, 2.24) is 9.97 Å². The highest BCUT2D eigenvalue weighted by molar-refractivity contribution is 7.99. The number of anilines is 2. The molecule has 0 bridgehead atoms. The number of hydrogen-bond donors (Lipinski definition) is 2. The quantitative estimate of drug-likeness (QED) is 0.552. The van der Waals surface area contributed by atoms with Gasteiger partial charge in [0.15, 0.2) is 5.82 Å². The average molecular weight is 271 g/mol. The van der Waals surface area contributed by atoms with Gasteiger partial charge in [-0.1, -0.05) is 17.8 Å². The number of benzene rings is 1. The fourth-order valence-electron chi connectivity index (χ4n) is 1.88. The molecule has 0 unspecified atom stereocenters. The molecule has 1 aromatic carbocycles. The monoisotopic (exact) mass is 271 g/mol. The van der Waals surface area contributed by atoms with E-state index in [9.17, 15) is 0 Å². The lowest BCUT2D eigenvalue weighted by Crippen LogP contribution is -2.14. The third-order valence-corrected chi connectivity index (χ3v) is 3.91. The van der Waals surface area contributed by atoms with Gasteiger partial charge in [0, 0.05) is 30.8 Å². The van der Waals surface area contributed by atoms with E-state index >= 15 is 0 Å². The molecule has 0 spiro atoms. The minimum atomic E-state index is 0.628. The first-order chi connectivity index (χ1) is 9.26. The van der Waals surface area contributed by atoms with Crippen LogP contribution < -0.4 is 11.1 Å². The first kappa shape index (κ1) is 12.0. The normalized spacial score (nSPS) is 13.4. The van der Waals surface area contributed by atoms with Crippen LogP contribution in [0.2, 0.25) is 0 Å². The smallest absolute Gasteiger partial charge is 0.163 e. The maximum atomic E-state index is 5.76. The van der Waals surface area contributed by atoms with Gasteiger partial charge in [0.25, 0.3) is 0 Å². The molecule has 0 aliphatic carbocycles. The molecular formula is C13H13N5S. The van der Waals surface area contributed by atoms with E-state index in [1.165, 1.54) is 0 Å². The molecule has 0 amide bonds. The van der Waals surface area contributed by atoms with Crippen LogP contribution in [0.25, 0.3) is 0 Å². The minimum Gasteiger partial charge on any atom is -0.387 e. The van der Waals surface area contributed by atoms with Crippen molar-refractivity contribution in [1.29, 1.82) is 0 Å². The van der Waals surface area contributed by atoms with Crippen molar-refractivity contribution >= 4 is 29.1 Å². The highest BCUT2D eigenvalue weighted by Gasteiger charge is 2.17. The molecule has 0 saturated heterocycles. The van der Waals surface area contributed by atoms with E-state index in [-0.39, 0.29) is 0 Å². The fraction of sp³-hybridized carbons (Fsp3) is 0.154. The Morgan fingerprint density at radius 1 is 1.37 bits per heavy atom. The molecule has 96 valence electrons. The van der Waals surface area contributed by atoms with Crippen molar-refractivity contribution in [3.8, 4) is 0 Å². The molecule has 3 rings (SSSR count). The number of amidine groups is 1. The Bertz CT molecular complexity index is 653. The lowest BCUT2D eigenvalue weighted by Gasteiger charge is -2.19. The Morgan fingerprint density at radius 3 is 3.05 bits per heavy atom. The summed E-state index contributed by atoms with van der Waals surface area (Å²) in [7, 11) is 1.70. The minimum absolute atomic E-state index is 0.628. The van der Waals surface area contributed by atoms with Crippen molar-refractivity contribution < 1.29 is 0 Å². The molecule has 19 heavy (non-hydrogen) atoms. The number of rotatable bonds is 2. The topological polar surface area (TPSA) is 76.2 Å². The number of nitrogens with zero attached hydrogens (tertiary/aromatic N) is 3. The van der Waals surface area contributed by atoms with E-state index in [0.29, 0.717) is 12.3 Å². The van der Waals surface area contributed by atoms with E-state index in [0.717, 1.165) is 27.0 Å². The summed E-state index contributed by atoms with van der Waals surface area (Å²) in [5.41, 5.74) is 7.93. The zero-order chi connectivity index (χ0) is 13.2. The molecule has 0 radical (unpaired) electrons. The van der Waals surface area contributed by atoms with Crippen LogP contribution in [0.15, 0.2) is 45.5 Å². The Hall–Kier alpha value is -2.08. The van der Waals surface area contributed by atoms with Crippen LogP contribution in [-0.2, 0) is 6.42 Å². The average Bonchev–Trinajstić information content (AvgIpc) is 2.45. The van der Waals surface area contributed by atoms with E-state index in [1.807, 2.05) is 0 Å². The molecule has 1 aromatic heterocycles. The number of nitrogens with one attached hydrogen (secondary N) is 1. The summed E-state index contributed by atoms with van der Waals surface area (Å²) in [6.07, 6.45) is 4.04. The lowest BCUT2D eigenvalue weighted by molar-refractivity contribution is 1.05. The van der Waals surface area contributed by atoms with Crippen molar-refractivity contribution in [2.24, 2.45) is 10.7 Å². The number of fused-ring (bicyclic) bond motifs is 2. The maximum absolute atomic E-state index is 5.76. The summed E-state index contributed by atoms with van der Waals surface area (Å²) in [4.78, 5) is 13.7. The predicted molar refractivity (Wildman–Crippen MR) is 77.1 cm³/mol. The first-order valence-corrected chi connectivity index (χ1v) is 6.68. The molecule has 2 heterocycles. The molecule has 1 aliphatic rings. The van der Waals surface area contributed by atoms with Crippen molar-refractivity contribution in [3.63, 3.8) is 0 Å². The molecule has 5 nitrogen and oxygen atoms in total. The maximum Gasteiger partial charge on any atom is 0.163 e. The number of aliphatic imine (C=N–C) groups is 1. The SMILES string of the molecule is CN=C(N)Cc1ccc2c(c1)Nc1nccnc1S2. The summed E-state index contributed by atoms with van der Waals surface area (Å²) in [5, 5.41) is 4.20. The standard InChI is InChI=1S/C13H13N5S/c1-15-11(14)7-8-2-3-10-9(6-8)18-12-13(19-10)17-5-4-16-12/h2-6H,7H2,1H3,(H2,14,15)(H,16,18). The Labute approximate surface area is 115 Å². The Kier molecular flexibility index (Phi) is 3.08. The third-order valence-electron chi connectivity index (χ3n) is 2.84. The van der Waals surface area contributed by atoms with Gasteiger partial charge in [-0.3, -0.25) is 4.99 Å². The van der Waals surface area contributed by atoms with Crippen LogP contribution >= 0.6 is 11.8 Å². The Balaban J connectivity index is 1.92. The van der Waals surface area contributed by atoms with Gasteiger partial charge in [-0.2, -0.15) is 0 Å². The van der Waals surface area contributed by atoms with Gasteiger partial charge in [-0.25, -0.2) is 9.97 Å². The van der Waals surface area contributed by atoms with Gasteiger partial charge in [0.1, 0.15) is 5.03 Å². The summed E-state index contributed by atoms with van der Waals surface area (Å²) in [5.74, 6) is 1.43. The first-order valence-electron chi connectivity index (χ1n) is 5.86. The van der Waals surface area contributed by atoms with Crippen molar-refractivity contribution in [2.45, 2.75) is 16.3 Å². The lowest BCUT2D eigenvalue weighted by atomic mass is 10.1. The van der Waals surface area contributed by atoms with Crippen LogP contribution in [-0.4, -0.2) is 22.9 Å². The molecule has 1 aliphatic heterocycles.